The summed E-state index contributed by atoms with van der Waals surface area (Å²) in [5.74, 6) is 0. The average Bonchev–Trinajstić information content (AvgIpc) is 2.89. The molecule has 0 saturated heterocycles. The van der Waals surface area contributed by atoms with Crippen LogP contribution in [0.3, 0.4) is 0 Å². The fraction of sp³-hybridized carbons (Fsp3) is 0.154. The lowest BCUT2D eigenvalue weighted by molar-refractivity contribution is 0.177. The van der Waals surface area contributed by atoms with Gasteiger partial charge in [-0.3, -0.25) is 9.38 Å². The number of aliphatic hydroxyl groups is 1. The van der Waals surface area contributed by atoms with Crippen molar-refractivity contribution in [2.75, 3.05) is 0 Å². The second kappa shape index (κ2) is 4.54. The minimum Gasteiger partial charge on any atom is -0.388 e. The summed E-state index contributed by atoms with van der Waals surface area (Å²) in [6.07, 6.45) is 4.93. The van der Waals surface area contributed by atoms with E-state index in [4.69, 9.17) is 0 Å². The predicted molar refractivity (Wildman–Crippen MR) is 65.9 cm³/mol. The third kappa shape index (κ3) is 1.96. The molecule has 0 aliphatic heterocycles. The van der Waals surface area contributed by atoms with Crippen molar-refractivity contribution in [3.05, 3.63) is 60.3 Å². The van der Waals surface area contributed by atoms with E-state index < -0.39 is 6.10 Å². The number of aromatic nitrogens is 4. The Morgan fingerprint density at radius 3 is 2.89 bits per heavy atom. The molecule has 3 aromatic rings. The molecule has 0 saturated carbocycles. The van der Waals surface area contributed by atoms with Crippen molar-refractivity contribution in [3.63, 3.8) is 0 Å². The van der Waals surface area contributed by atoms with Crippen LogP contribution in [0.25, 0.3) is 5.65 Å². The van der Waals surface area contributed by atoms with Crippen LogP contribution in [-0.2, 0) is 6.42 Å². The lowest BCUT2D eigenvalue weighted by Gasteiger charge is -2.10. The van der Waals surface area contributed by atoms with Gasteiger partial charge in [-0.2, -0.15) is 0 Å². The van der Waals surface area contributed by atoms with Crippen molar-refractivity contribution in [2.45, 2.75) is 12.5 Å². The van der Waals surface area contributed by atoms with Crippen LogP contribution in [0.2, 0.25) is 0 Å². The van der Waals surface area contributed by atoms with Crippen molar-refractivity contribution in [1.29, 1.82) is 0 Å². The van der Waals surface area contributed by atoms with Gasteiger partial charge >= 0.3 is 0 Å². The topological polar surface area (TPSA) is 63.3 Å². The number of hydrogen-bond acceptors (Lipinski definition) is 4. The molecule has 90 valence electrons. The molecule has 18 heavy (non-hydrogen) atoms. The quantitative estimate of drug-likeness (QED) is 0.751. The fourth-order valence-electron chi connectivity index (χ4n) is 1.93. The van der Waals surface area contributed by atoms with Crippen LogP contribution in [0.5, 0.6) is 0 Å². The van der Waals surface area contributed by atoms with Crippen LogP contribution in [-0.4, -0.2) is 24.7 Å². The van der Waals surface area contributed by atoms with Gasteiger partial charge in [0.15, 0.2) is 5.65 Å². The zero-order valence-electron chi connectivity index (χ0n) is 9.64. The predicted octanol–water partition coefficient (Wildman–Crippen LogP) is 1.40. The number of fused-ring (bicyclic) bond motifs is 1. The van der Waals surface area contributed by atoms with Gasteiger partial charge in [0.25, 0.3) is 0 Å². The van der Waals surface area contributed by atoms with Crippen LogP contribution >= 0.6 is 0 Å². The molecule has 2 aromatic heterocycles. The van der Waals surface area contributed by atoms with E-state index in [9.17, 15) is 5.11 Å². The second-order valence-corrected chi connectivity index (χ2v) is 4.07. The summed E-state index contributed by atoms with van der Waals surface area (Å²) in [6, 6.07) is 9.53. The normalized spacial score (nSPS) is 12.7. The molecule has 3 rings (SSSR count). The molecule has 0 radical (unpaired) electrons. The number of benzene rings is 1. The summed E-state index contributed by atoms with van der Waals surface area (Å²) in [7, 11) is 0. The number of nitrogens with zero attached hydrogens (tertiary/aromatic N) is 4. The molecule has 0 bridgehead atoms. The Bertz CT molecular complexity index is 650. The van der Waals surface area contributed by atoms with E-state index in [1.165, 1.54) is 0 Å². The summed E-state index contributed by atoms with van der Waals surface area (Å²) in [5.41, 5.74) is 2.31. The van der Waals surface area contributed by atoms with Gasteiger partial charge in [0.05, 0.1) is 11.8 Å². The van der Waals surface area contributed by atoms with Gasteiger partial charge in [-0.25, -0.2) is 0 Å². The molecular weight excluding hydrogens is 228 g/mol. The second-order valence-electron chi connectivity index (χ2n) is 4.07. The highest BCUT2D eigenvalue weighted by molar-refractivity contribution is 5.42. The maximum Gasteiger partial charge on any atom is 0.182 e. The van der Waals surface area contributed by atoms with Gasteiger partial charge in [-0.05, 0) is 5.56 Å². The highest BCUT2D eigenvalue weighted by Crippen LogP contribution is 2.18. The summed E-state index contributed by atoms with van der Waals surface area (Å²) >= 11 is 0. The Morgan fingerprint density at radius 2 is 2.06 bits per heavy atom. The van der Waals surface area contributed by atoms with E-state index in [-0.39, 0.29) is 0 Å². The number of hydrogen-bond donors (Lipinski definition) is 1. The fourth-order valence-corrected chi connectivity index (χ4v) is 1.93. The van der Waals surface area contributed by atoms with E-state index in [0.29, 0.717) is 12.1 Å². The zero-order chi connectivity index (χ0) is 12.4. The molecule has 0 aliphatic carbocycles. The third-order valence-corrected chi connectivity index (χ3v) is 2.86. The molecule has 5 heteroatoms. The molecular formula is C13H12N4O. The molecule has 1 unspecified atom stereocenters. The number of aliphatic hydroxyl groups excluding tert-OH is 1. The SMILES string of the molecule is OC(Cc1nccn2cnnc12)c1ccccc1. The van der Waals surface area contributed by atoms with Gasteiger partial charge in [0, 0.05) is 18.8 Å². The molecule has 0 spiro atoms. The van der Waals surface area contributed by atoms with Crippen LogP contribution < -0.4 is 0 Å². The van der Waals surface area contributed by atoms with Gasteiger partial charge < -0.3 is 5.11 Å². The van der Waals surface area contributed by atoms with Gasteiger partial charge in [0.1, 0.15) is 6.33 Å². The first-order chi connectivity index (χ1) is 8.84. The summed E-state index contributed by atoms with van der Waals surface area (Å²) in [4.78, 5) is 4.26. The van der Waals surface area contributed by atoms with Crippen molar-refractivity contribution in [2.24, 2.45) is 0 Å². The molecule has 0 aliphatic rings. The maximum absolute atomic E-state index is 10.2. The van der Waals surface area contributed by atoms with Crippen molar-refractivity contribution in [1.82, 2.24) is 19.6 Å². The first-order valence-corrected chi connectivity index (χ1v) is 5.71. The molecule has 0 fully saturated rings. The Morgan fingerprint density at radius 1 is 1.22 bits per heavy atom. The summed E-state index contributed by atoms with van der Waals surface area (Å²) in [6.45, 7) is 0. The summed E-state index contributed by atoms with van der Waals surface area (Å²) in [5, 5.41) is 18.0. The molecule has 0 amide bonds. The first-order valence-electron chi connectivity index (χ1n) is 5.71. The van der Waals surface area contributed by atoms with E-state index in [1.54, 1.807) is 23.1 Å². The Hall–Kier alpha value is -2.27. The minimum atomic E-state index is -0.582. The smallest absolute Gasteiger partial charge is 0.182 e. The molecule has 5 nitrogen and oxygen atoms in total. The van der Waals surface area contributed by atoms with E-state index in [0.717, 1.165) is 11.3 Å². The highest BCUT2D eigenvalue weighted by atomic mass is 16.3. The first kappa shape index (κ1) is 10.9. The molecule has 1 N–H and O–H groups in total. The van der Waals surface area contributed by atoms with E-state index in [2.05, 4.69) is 15.2 Å². The van der Waals surface area contributed by atoms with Crippen LogP contribution in [0.4, 0.5) is 0 Å². The molecule has 2 heterocycles. The summed E-state index contributed by atoms with van der Waals surface area (Å²) < 4.78 is 1.79. The average molecular weight is 240 g/mol. The number of rotatable bonds is 3. The molecule has 1 aromatic carbocycles. The van der Waals surface area contributed by atoms with Crippen molar-refractivity contribution < 1.29 is 5.11 Å². The Kier molecular flexibility index (Phi) is 2.74. The van der Waals surface area contributed by atoms with Crippen molar-refractivity contribution in [3.8, 4) is 0 Å². The monoisotopic (exact) mass is 240 g/mol. The maximum atomic E-state index is 10.2. The zero-order valence-corrected chi connectivity index (χ0v) is 9.64. The van der Waals surface area contributed by atoms with Gasteiger partial charge in [0.2, 0.25) is 0 Å². The highest BCUT2D eigenvalue weighted by Gasteiger charge is 2.12. The van der Waals surface area contributed by atoms with Crippen LogP contribution in [0.15, 0.2) is 49.1 Å². The lowest BCUT2D eigenvalue weighted by atomic mass is 10.1. The van der Waals surface area contributed by atoms with Crippen molar-refractivity contribution >= 4 is 5.65 Å². The minimum absolute atomic E-state index is 0.424. The Balaban J connectivity index is 1.91. The Labute approximate surface area is 104 Å². The third-order valence-electron chi connectivity index (χ3n) is 2.86. The van der Waals surface area contributed by atoms with E-state index >= 15 is 0 Å². The largest absolute Gasteiger partial charge is 0.388 e. The van der Waals surface area contributed by atoms with E-state index in [1.807, 2.05) is 30.3 Å². The lowest BCUT2D eigenvalue weighted by Crippen LogP contribution is -2.05. The van der Waals surface area contributed by atoms with Gasteiger partial charge in [-0.1, -0.05) is 30.3 Å². The van der Waals surface area contributed by atoms with Crippen LogP contribution in [0.1, 0.15) is 17.4 Å². The standard InChI is InChI=1S/C13H12N4O/c18-12(10-4-2-1-3-5-10)8-11-13-16-15-9-17(13)7-6-14-11/h1-7,9,12,18H,8H2. The van der Waals surface area contributed by atoms with Gasteiger partial charge in [-0.15, -0.1) is 10.2 Å². The molecule has 1 atom stereocenters. The van der Waals surface area contributed by atoms with Crippen LogP contribution in [0, 0.1) is 0 Å².